The van der Waals surface area contributed by atoms with Crippen LogP contribution in [0.5, 0.6) is 5.75 Å². The predicted molar refractivity (Wildman–Crippen MR) is 157 cm³/mol. The molecule has 1 atom stereocenters. The van der Waals surface area contributed by atoms with Crippen molar-refractivity contribution in [2.75, 3.05) is 6.61 Å². The van der Waals surface area contributed by atoms with Crippen LogP contribution in [0, 0.1) is 20.8 Å². The van der Waals surface area contributed by atoms with E-state index in [9.17, 15) is 9.59 Å². The second-order valence-electron chi connectivity index (χ2n) is 10.7. The topological polar surface area (TPSA) is 58.6 Å². The van der Waals surface area contributed by atoms with Gasteiger partial charge in [0, 0.05) is 24.0 Å². The first-order valence-corrected chi connectivity index (χ1v) is 14.3. The summed E-state index contributed by atoms with van der Waals surface area (Å²) in [5.41, 5.74) is 5.05. The molecular weight excluding hydrogens is 508 g/mol. The molecule has 0 spiro atoms. The number of nitrogens with zero attached hydrogens (tertiary/aromatic N) is 1. The summed E-state index contributed by atoms with van der Waals surface area (Å²) in [5, 5.41) is 3.86. The van der Waals surface area contributed by atoms with E-state index in [1.165, 1.54) is 6.42 Å². The quantitative estimate of drug-likeness (QED) is 0.306. The van der Waals surface area contributed by atoms with Gasteiger partial charge in [0.05, 0.1) is 0 Å². The summed E-state index contributed by atoms with van der Waals surface area (Å²) in [6.45, 7) is 6.14. The number of hydrogen-bond acceptors (Lipinski definition) is 3. The Balaban J connectivity index is 1.63. The van der Waals surface area contributed by atoms with Gasteiger partial charge in [-0.2, -0.15) is 0 Å². The second kappa shape index (κ2) is 13.7. The highest BCUT2D eigenvalue weighted by Gasteiger charge is 2.32. The Morgan fingerprint density at radius 2 is 1.67 bits per heavy atom. The molecule has 3 aromatic carbocycles. The number of ether oxygens (including phenoxy) is 1. The average molecular weight is 547 g/mol. The molecule has 206 valence electrons. The fraction of sp³-hybridized carbons (Fsp3) is 0.394. The van der Waals surface area contributed by atoms with Gasteiger partial charge in [0.2, 0.25) is 5.91 Å². The zero-order chi connectivity index (χ0) is 27.8. The van der Waals surface area contributed by atoms with Crippen LogP contribution in [0.15, 0.2) is 66.7 Å². The molecule has 1 saturated carbocycles. The molecule has 0 heterocycles. The summed E-state index contributed by atoms with van der Waals surface area (Å²) in [5.74, 6) is 0.326. The van der Waals surface area contributed by atoms with Crippen molar-refractivity contribution in [1.29, 1.82) is 0 Å². The van der Waals surface area contributed by atoms with Gasteiger partial charge in [-0.05, 0) is 79.6 Å². The van der Waals surface area contributed by atoms with Crippen LogP contribution in [-0.2, 0) is 22.6 Å². The number of rotatable bonds is 10. The smallest absolute Gasteiger partial charge is 0.261 e. The van der Waals surface area contributed by atoms with E-state index in [0.717, 1.165) is 53.5 Å². The standard InChI is InChI=1S/C33H39ClN2O3/c1-23-17-24(2)25(3)31(18-23)39-22-32(37)36(21-27-13-10-14-28(34)19-27)30(20-26-11-6-4-7-12-26)33(38)35-29-15-8-5-9-16-29/h4,6-7,10-14,17-19,29-30H,5,8-9,15-16,20-22H2,1-3H3,(H,35,38)/t30-/m1/s1. The molecule has 0 unspecified atom stereocenters. The van der Waals surface area contributed by atoms with Gasteiger partial charge in [-0.25, -0.2) is 0 Å². The fourth-order valence-electron chi connectivity index (χ4n) is 5.30. The van der Waals surface area contributed by atoms with E-state index in [4.69, 9.17) is 16.3 Å². The molecule has 5 nitrogen and oxygen atoms in total. The van der Waals surface area contributed by atoms with Crippen molar-refractivity contribution in [3.63, 3.8) is 0 Å². The number of amides is 2. The van der Waals surface area contributed by atoms with Gasteiger partial charge in [0.1, 0.15) is 11.8 Å². The van der Waals surface area contributed by atoms with Crippen LogP contribution in [0.4, 0.5) is 0 Å². The summed E-state index contributed by atoms with van der Waals surface area (Å²) in [6.07, 6.45) is 5.79. The van der Waals surface area contributed by atoms with Gasteiger partial charge < -0.3 is 15.0 Å². The molecule has 1 aliphatic rings. The Kier molecular flexibility index (Phi) is 10.0. The van der Waals surface area contributed by atoms with E-state index < -0.39 is 6.04 Å². The molecule has 1 fully saturated rings. The van der Waals surface area contributed by atoms with Gasteiger partial charge >= 0.3 is 0 Å². The van der Waals surface area contributed by atoms with Gasteiger partial charge in [0.15, 0.2) is 6.61 Å². The van der Waals surface area contributed by atoms with Crippen molar-refractivity contribution >= 4 is 23.4 Å². The highest BCUT2D eigenvalue weighted by Crippen LogP contribution is 2.24. The first kappa shape index (κ1) is 28.7. The summed E-state index contributed by atoms with van der Waals surface area (Å²) in [7, 11) is 0. The van der Waals surface area contributed by atoms with Crippen molar-refractivity contribution in [1.82, 2.24) is 10.2 Å². The summed E-state index contributed by atoms with van der Waals surface area (Å²) >= 11 is 6.29. The summed E-state index contributed by atoms with van der Waals surface area (Å²) in [4.78, 5) is 29.4. The number of aryl methyl sites for hydroxylation is 2. The molecule has 0 saturated heterocycles. The Morgan fingerprint density at radius 1 is 0.949 bits per heavy atom. The van der Waals surface area contributed by atoms with Gasteiger partial charge in [-0.1, -0.05) is 79.4 Å². The lowest BCUT2D eigenvalue weighted by molar-refractivity contribution is -0.143. The van der Waals surface area contributed by atoms with Crippen LogP contribution >= 0.6 is 11.6 Å². The van der Waals surface area contributed by atoms with E-state index in [2.05, 4.69) is 11.4 Å². The lowest BCUT2D eigenvalue weighted by Gasteiger charge is -2.33. The van der Waals surface area contributed by atoms with Crippen LogP contribution in [0.2, 0.25) is 5.02 Å². The molecule has 4 rings (SSSR count). The first-order chi connectivity index (χ1) is 18.8. The third-order valence-corrected chi connectivity index (χ3v) is 7.81. The zero-order valence-electron chi connectivity index (χ0n) is 23.2. The molecule has 0 bridgehead atoms. The minimum atomic E-state index is -0.690. The normalized spacial score (nSPS) is 14.5. The van der Waals surface area contributed by atoms with E-state index in [1.807, 2.05) is 75.4 Å². The minimum absolute atomic E-state index is 0.122. The maximum Gasteiger partial charge on any atom is 0.261 e. The number of halogens is 1. The Labute approximate surface area is 237 Å². The van der Waals surface area contributed by atoms with Crippen LogP contribution in [-0.4, -0.2) is 35.4 Å². The number of carbonyl (C=O) groups excluding carboxylic acids is 2. The molecule has 0 aliphatic heterocycles. The first-order valence-electron chi connectivity index (χ1n) is 13.9. The SMILES string of the molecule is Cc1cc(C)c(C)c(OCC(=O)N(Cc2cccc(Cl)c2)[C@H](Cc2ccccc2)C(=O)NC2CCCCC2)c1. The van der Waals surface area contributed by atoms with Crippen LogP contribution < -0.4 is 10.1 Å². The number of nitrogens with one attached hydrogen (secondary N) is 1. The van der Waals surface area contributed by atoms with Gasteiger partial charge in [-0.15, -0.1) is 0 Å². The third-order valence-electron chi connectivity index (χ3n) is 7.58. The Bertz CT molecular complexity index is 1270. The van der Waals surface area contributed by atoms with Crippen LogP contribution in [0.25, 0.3) is 0 Å². The maximum absolute atomic E-state index is 13.9. The molecule has 39 heavy (non-hydrogen) atoms. The Morgan fingerprint density at radius 3 is 2.38 bits per heavy atom. The summed E-state index contributed by atoms with van der Waals surface area (Å²) in [6, 6.07) is 20.8. The van der Waals surface area contributed by atoms with Crippen LogP contribution in [0.1, 0.15) is 59.9 Å². The third kappa shape index (κ3) is 8.09. The second-order valence-corrected chi connectivity index (χ2v) is 11.1. The predicted octanol–water partition coefficient (Wildman–Crippen LogP) is 6.73. The van der Waals surface area contributed by atoms with Crippen molar-refractivity contribution in [2.45, 2.75) is 77.9 Å². The molecular formula is C33H39ClN2O3. The average Bonchev–Trinajstić information content (AvgIpc) is 2.92. The van der Waals surface area contributed by atoms with Crippen molar-refractivity contribution in [3.8, 4) is 5.75 Å². The Hall–Kier alpha value is -3.31. The van der Waals surface area contributed by atoms with Gasteiger partial charge in [-0.3, -0.25) is 9.59 Å². The lowest BCUT2D eigenvalue weighted by atomic mass is 9.94. The lowest BCUT2D eigenvalue weighted by Crippen LogP contribution is -2.53. The highest BCUT2D eigenvalue weighted by molar-refractivity contribution is 6.30. The molecule has 1 aliphatic carbocycles. The van der Waals surface area contributed by atoms with E-state index in [1.54, 1.807) is 11.0 Å². The summed E-state index contributed by atoms with van der Waals surface area (Å²) < 4.78 is 6.08. The number of benzene rings is 3. The zero-order valence-corrected chi connectivity index (χ0v) is 24.0. The van der Waals surface area contributed by atoms with Crippen LogP contribution in [0.3, 0.4) is 0 Å². The molecule has 3 aromatic rings. The van der Waals surface area contributed by atoms with E-state index in [-0.39, 0.29) is 31.0 Å². The monoisotopic (exact) mass is 546 g/mol. The van der Waals surface area contributed by atoms with Crippen molar-refractivity contribution in [2.24, 2.45) is 0 Å². The van der Waals surface area contributed by atoms with Gasteiger partial charge in [0.25, 0.3) is 5.91 Å². The molecule has 1 N–H and O–H groups in total. The van der Waals surface area contributed by atoms with E-state index in [0.29, 0.717) is 17.2 Å². The molecule has 2 amide bonds. The fourth-order valence-corrected chi connectivity index (χ4v) is 5.52. The van der Waals surface area contributed by atoms with Crippen molar-refractivity contribution < 1.29 is 14.3 Å². The minimum Gasteiger partial charge on any atom is -0.483 e. The van der Waals surface area contributed by atoms with E-state index >= 15 is 0 Å². The number of hydrogen-bond donors (Lipinski definition) is 1. The van der Waals surface area contributed by atoms with Crippen molar-refractivity contribution in [3.05, 3.63) is 99.6 Å². The molecule has 0 aromatic heterocycles. The maximum atomic E-state index is 13.9. The molecule has 6 heteroatoms. The largest absolute Gasteiger partial charge is 0.483 e. The highest BCUT2D eigenvalue weighted by atomic mass is 35.5. The molecule has 0 radical (unpaired) electrons. The number of carbonyl (C=O) groups is 2.